The van der Waals surface area contributed by atoms with Gasteiger partial charge in [-0.15, -0.1) is 0 Å². The molecule has 0 saturated heterocycles. The molecule has 0 spiro atoms. The Morgan fingerprint density at radius 1 is 0.906 bits per heavy atom. The molecule has 32 heavy (non-hydrogen) atoms. The van der Waals surface area contributed by atoms with Gasteiger partial charge in [0.15, 0.2) is 11.3 Å². The van der Waals surface area contributed by atoms with E-state index in [9.17, 15) is 9.59 Å². The van der Waals surface area contributed by atoms with Crippen molar-refractivity contribution in [3.8, 4) is 22.6 Å². The number of esters is 1. The molecular formula is C26H18O6. The summed E-state index contributed by atoms with van der Waals surface area (Å²) in [5.74, 6) is 0.634. The molecule has 6 heteroatoms. The normalized spacial score (nSPS) is 11.1. The average molecular weight is 426 g/mol. The minimum Gasteiger partial charge on any atom is -0.493 e. The summed E-state index contributed by atoms with van der Waals surface area (Å²) < 4.78 is 22.3. The highest BCUT2D eigenvalue weighted by molar-refractivity contribution is 5.95. The summed E-state index contributed by atoms with van der Waals surface area (Å²) in [6.45, 7) is 1.74. The molecule has 3 aromatic carbocycles. The summed E-state index contributed by atoms with van der Waals surface area (Å²) in [7, 11) is 1.53. The third-order valence-electron chi connectivity index (χ3n) is 5.24. The first-order chi connectivity index (χ1) is 15.5. The van der Waals surface area contributed by atoms with Crippen molar-refractivity contribution in [2.45, 2.75) is 6.92 Å². The molecular weight excluding hydrogens is 408 g/mol. The number of hydrogen-bond donors (Lipinski definition) is 0. The predicted octanol–water partition coefficient (Wildman–Crippen LogP) is 5.74. The van der Waals surface area contributed by atoms with Crippen LogP contribution in [0.3, 0.4) is 0 Å². The number of ether oxygens (including phenoxy) is 2. The van der Waals surface area contributed by atoms with Gasteiger partial charge >= 0.3 is 5.97 Å². The van der Waals surface area contributed by atoms with Gasteiger partial charge in [-0.05, 0) is 36.8 Å². The van der Waals surface area contributed by atoms with E-state index in [4.69, 9.17) is 18.3 Å². The van der Waals surface area contributed by atoms with E-state index in [1.165, 1.54) is 13.2 Å². The standard InChI is InChI=1S/C26H18O6/c1-15-23(16-7-4-3-5-8-16)24(27)19-12-11-18(14-21(19)30-15)31-26(28)22-13-17-9-6-10-20(29-2)25(17)32-22/h3-14H,1-2H3. The van der Waals surface area contributed by atoms with Crippen LogP contribution < -0.4 is 14.9 Å². The first-order valence-corrected chi connectivity index (χ1v) is 9.97. The van der Waals surface area contributed by atoms with Gasteiger partial charge in [-0.3, -0.25) is 4.79 Å². The van der Waals surface area contributed by atoms with E-state index in [-0.39, 0.29) is 16.9 Å². The maximum absolute atomic E-state index is 13.1. The van der Waals surface area contributed by atoms with Crippen LogP contribution in [0, 0.1) is 6.92 Å². The van der Waals surface area contributed by atoms with Crippen LogP contribution in [0.25, 0.3) is 33.1 Å². The zero-order valence-corrected chi connectivity index (χ0v) is 17.4. The monoisotopic (exact) mass is 426 g/mol. The Morgan fingerprint density at radius 3 is 2.50 bits per heavy atom. The van der Waals surface area contributed by atoms with Gasteiger partial charge in [0, 0.05) is 11.5 Å². The second-order valence-electron chi connectivity index (χ2n) is 7.27. The summed E-state index contributed by atoms with van der Waals surface area (Å²) in [6.07, 6.45) is 0. The highest BCUT2D eigenvalue weighted by Gasteiger charge is 2.18. The number of hydrogen-bond acceptors (Lipinski definition) is 6. The Kier molecular flexibility index (Phi) is 4.75. The second kappa shape index (κ2) is 7.74. The van der Waals surface area contributed by atoms with Crippen LogP contribution in [0.4, 0.5) is 0 Å². The van der Waals surface area contributed by atoms with Crippen molar-refractivity contribution in [2.24, 2.45) is 0 Å². The van der Waals surface area contributed by atoms with Crippen molar-refractivity contribution in [1.29, 1.82) is 0 Å². The van der Waals surface area contributed by atoms with Crippen molar-refractivity contribution >= 4 is 27.9 Å². The predicted molar refractivity (Wildman–Crippen MR) is 120 cm³/mol. The van der Waals surface area contributed by atoms with E-state index < -0.39 is 5.97 Å². The molecule has 158 valence electrons. The third kappa shape index (κ3) is 3.32. The fraction of sp³-hybridized carbons (Fsp3) is 0.0769. The zero-order valence-electron chi connectivity index (χ0n) is 17.4. The van der Waals surface area contributed by atoms with Crippen LogP contribution in [0.1, 0.15) is 16.3 Å². The SMILES string of the molecule is COc1cccc2cc(C(=O)Oc3ccc4c(=O)c(-c5ccccc5)c(C)oc4c3)oc12. The molecule has 0 aliphatic heterocycles. The molecule has 5 aromatic rings. The fourth-order valence-corrected chi connectivity index (χ4v) is 3.74. The van der Waals surface area contributed by atoms with Crippen molar-refractivity contribution in [3.05, 3.63) is 94.5 Å². The number of para-hydroxylation sites is 1. The van der Waals surface area contributed by atoms with E-state index in [1.807, 2.05) is 42.5 Å². The number of rotatable bonds is 4. The van der Waals surface area contributed by atoms with Gasteiger partial charge in [-0.2, -0.15) is 0 Å². The number of fused-ring (bicyclic) bond motifs is 2. The van der Waals surface area contributed by atoms with E-state index in [0.717, 1.165) is 10.9 Å². The molecule has 2 aromatic heterocycles. The number of carbonyl (C=O) groups excluding carboxylic acids is 1. The van der Waals surface area contributed by atoms with Gasteiger partial charge in [-0.25, -0.2) is 4.79 Å². The summed E-state index contributed by atoms with van der Waals surface area (Å²) >= 11 is 0. The largest absolute Gasteiger partial charge is 0.493 e. The van der Waals surface area contributed by atoms with E-state index >= 15 is 0 Å². The third-order valence-corrected chi connectivity index (χ3v) is 5.24. The minimum absolute atomic E-state index is 0.0432. The summed E-state index contributed by atoms with van der Waals surface area (Å²) in [5, 5.41) is 1.13. The summed E-state index contributed by atoms with van der Waals surface area (Å²) in [4.78, 5) is 25.7. The molecule has 0 N–H and O–H groups in total. The van der Waals surface area contributed by atoms with Crippen molar-refractivity contribution < 1.29 is 23.1 Å². The zero-order chi connectivity index (χ0) is 22.2. The van der Waals surface area contributed by atoms with Crippen LogP contribution >= 0.6 is 0 Å². The van der Waals surface area contributed by atoms with E-state index in [0.29, 0.717) is 33.6 Å². The average Bonchev–Trinajstić information content (AvgIpc) is 3.24. The van der Waals surface area contributed by atoms with Gasteiger partial charge in [0.25, 0.3) is 0 Å². The Labute approximate surface area is 182 Å². The first-order valence-electron chi connectivity index (χ1n) is 9.97. The number of methoxy groups -OCH3 is 1. The Bertz CT molecular complexity index is 1530. The topological polar surface area (TPSA) is 78.9 Å². The molecule has 0 fully saturated rings. The van der Waals surface area contributed by atoms with Crippen LogP contribution in [0.2, 0.25) is 0 Å². The maximum Gasteiger partial charge on any atom is 0.379 e. The van der Waals surface area contributed by atoms with E-state index in [2.05, 4.69) is 0 Å². The lowest BCUT2D eigenvalue weighted by Gasteiger charge is -2.08. The number of benzene rings is 3. The van der Waals surface area contributed by atoms with Crippen LogP contribution in [-0.2, 0) is 0 Å². The maximum atomic E-state index is 13.1. The lowest BCUT2D eigenvalue weighted by molar-refractivity contribution is 0.0704. The first kappa shape index (κ1) is 19.6. The van der Waals surface area contributed by atoms with E-state index in [1.54, 1.807) is 31.2 Å². The number of carbonyl (C=O) groups is 1. The van der Waals surface area contributed by atoms with Gasteiger partial charge in [0.2, 0.25) is 11.2 Å². The summed E-state index contributed by atoms with van der Waals surface area (Å²) in [6, 6.07) is 21.0. The molecule has 6 nitrogen and oxygen atoms in total. The Balaban J connectivity index is 1.49. The molecule has 2 heterocycles. The van der Waals surface area contributed by atoms with Crippen molar-refractivity contribution in [3.63, 3.8) is 0 Å². The van der Waals surface area contributed by atoms with Gasteiger partial charge in [0.1, 0.15) is 17.1 Å². The lowest BCUT2D eigenvalue weighted by atomic mass is 10.0. The molecule has 0 aliphatic rings. The molecule has 0 bridgehead atoms. The van der Waals surface area contributed by atoms with Crippen LogP contribution in [0.5, 0.6) is 11.5 Å². The Morgan fingerprint density at radius 2 is 1.72 bits per heavy atom. The van der Waals surface area contributed by atoms with Crippen LogP contribution in [-0.4, -0.2) is 13.1 Å². The van der Waals surface area contributed by atoms with Crippen LogP contribution in [0.15, 0.2) is 86.4 Å². The quantitative estimate of drug-likeness (QED) is 0.269. The molecule has 0 unspecified atom stereocenters. The van der Waals surface area contributed by atoms with Crippen molar-refractivity contribution in [1.82, 2.24) is 0 Å². The lowest BCUT2D eigenvalue weighted by Crippen LogP contribution is -2.09. The molecule has 0 radical (unpaired) electrons. The molecule has 5 rings (SSSR count). The number of aryl methyl sites for hydroxylation is 1. The van der Waals surface area contributed by atoms with Gasteiger partial charge in [-0.1, -0.05) is 42.5 Å². The summed E-state index contributed by atoms with van der Waals surface area (Å²) in [5.41, 5.74) is 1.96. The fourth-order valence-electron chi connectivity index (χ4n) is 3.74. The minimum atomic E-state index is -0.664. The molecule has 0 amide bonds. The molecule has 0 atom stereocenters. The second-order valence-corrected chi connectivity index (χ2v) is 7.27. The number of furan rings is 1. The molecule has 0 aliphatic carbocycles. The molecule has 0 saturated carbocycles. The highest BCUT2D eigenvalue weighted by Crippen LogP contribution is 2.30. The highest BCUT2D eigenvalue weighted by atomic mass is 16.5. The van der Waals surface area contributed by atoms with Gasteiger partial charge < -0.3 is 18.3 Å². The smallest absolute Gasteiger partial charge is 0.379 e. The Hall–Kier alpha value is -4.32. The van der Waals surface area contributed by atoms with Gasteiger partial charge in [0.05, 0.1) is 18.1 Å². The van der Waals surface area contributed by atoms with Crippen molar-refractivity contribution in [2.75, 3.05) is 7.11 Å².